The summed E-state index contributed by atoms with van der Waals surface area (Å²) in [6.07, 6.45) is 1.77. The van der Waals surface area contributed by atoms with Crippen LogP contribution in [0.3, 0.4) is 0 Å². The monoisotopic (exact) mass is 445 g/mol. The van der Waals surface area contributed by atoms with Crippen molar-refractivity contribution in [2.45, 2.75) is 13.8 Å². The molecule has 170 valence electrons. The van der Waals surface area contributed by atoms with Crippen molar-refractivity contribution in [2.24, 2.45) is 0 Å². The van der Waals surface area contributed by atoms with Crippen LogP contribution in [0.25, 0.3) is 11.1 Å². The number of nitrogens with zero attached hydrogens (tertiary/aromatic N) is 3. The van der Waals surface area contributed by atoms with E-state index in [9.17, 15) is 4.79 Å². The van der Waals surface area contributed by atoms with Gasteiger partial charge in [0, 0.05) is 41.8 Å². The summed E-state index contributed by atoms with van der Waals surface area (Å²) in [5.74, 6) is 0.783. The molecule has 1 aliphatic rings. The van der Waals surface area contributed by atoms with Gasteiger partial charge in [0.2, 0.25) is 0 Å². The van der Waals surface area contributed by atoms with Gasteiger partial charge in [0.05, 0.1) is 19.8 Å². The van der Waals surface area contributed by atoms with Gasteiger partial charge >= 0.3 is 5.97 Å². The van der Waals surface area contributed by atoms with Gasteiger partial charge in [-0.3, -0.25) is 0 Å². The number of carbonyl (C=O) groups is 1. The molecule has 0 unspecified atom stereocenters. The highest BCUT2D eigenvalue weighted by molar-refractivity contribution is 6.08. The van der Waals surface area contributed by atoms with Crippen LogP contribution in [0.15, 0.2) is 54.7 Å². The fraction of sp³-hybridized carbons (Fsp3) is 0.280. The fourth-order valence-electron chi connectivity index (χ4n) is 3.74. The average molecular weight is 446 g/mol. The second-order valence-corrected chi connectivity index (χ2v) is 7.62. The molecule has 0 bridgehead atoms. The maximum Gasteiger partial charge on any atom is 0.357 e. The summed E-state index contributed by atoms with van der Waals surface area (Å²) < 4.78 is 10.6. The van der Waals surface area contributed by atoms with Gasteiger partial charge in [-0.05, 0) is 49.7 Å². The smallest absolute Gasteiger partial charge is 0.357 e. The van der Waals surface area contributed by atoms with Gasteiger partial charge in [-0.2, -0.15) is 0 Å². The quantitative estimate of drug-likeness (QED) is 0.413. The van der Waals surface area contributed by atoms with Crippen molar-refractivity contribution in [3.8, 4) is 11.1 Å². The standard InChI is InChI=1S/C25H27N5O3/c1-3-33-25(31)21-15-20(18-9-10-22(27-16-18)30-11-13-32-14-12-30)23(17(2)26)24(29-21)28-19-7-5-4-6-8-19/h4-10,15-16,26H,3,11-14H2,1-2H3,(H,28,29). The zero-order valence-corrected chi connectivity index (χ0v) is 18.8. The Kier molecular flexibility index (Phi) is 6.95. The van der Waals surface area contributed by atoms with Crippen molar-refractivity contribution < 1.29 is 14.3 Å². The molecule has 1 fully saturated rings. The number of rotatable bonds is 7. The first-order valence-corrected chi connectivity index (χ1v) is 11.0. The number of aromatic nitrogens is 2. The molecule has 0 saturated carbocycles. The maximum atomic E-state index is 12.6. The molecule has 3 heterocycles. The van der Waals surface area contributed by atoms with Gasteiger partial charge < -0.3 is 25.1 Å². The summed E-state index contributed by atoms with van der Waals surface area (Å²) in [6, 6.07) is 15.1. The number of pyridine rings is 2. The third kappa shape index (κ3) is 5.18. The van der Waals surface area contributed by atoms with Crippen LogP contribution in [0, 0.1) is 5.41 Å². The van der Waals surface area contributed by atoms with Gasteiger partial charge in [-0.15, -0.1) is 0 Å². The van der Waals surface area contributed by atoms with E-state index in [-0.39, 0.29) is 12.3 Å². The highest BCUT2D eigenvalue weighted by Crippen LogP contribution is 2.32. The molecule has 0 amide bonds. The molecule has 1 aromatic carbocycles. The largest absolute Gasteiger partial charge is 0.461 e. The first kappa shape index (κ1) is 22.4. The molecular formula is C25H27N5O3. The Morgan fingerprint density at radius 3 is 2.58 bits per heavy atom. The number of anilines is 3. The molecule has 0 spiro atoms. The van der Waals surface area contributed by atoms with E-state index in [4.69, 9.17) is 14.9 Å². The van der Waals surface area contributed by atoms with E-state index in [1.807, 2.05) is 42.5 Å². The Morgan fingerprint density at radius 2 is 1.94 bits per heavy atom. The van der Waals surface area contributed by atoms with Gasteiger partial charge in [-0.25, -0.2) is 14.8 Å². The van der Waals surface area contributed by atoms with Crippen LogP contribution in [-0.4, -0.2) is 54.6 Å². The normalized spacial score (nSPS) is 13.5. The highest BCUT2D eigenvalue weighted by Gasteiger charge is 2.21. The second-order valence-electron chi connectivity index (χ2n) is 7.62. The highest BCUT2D eigenvalue weighted by atomic mass is 16.5. The summed E-state index contributed by atoms with van der Waals surface area (Å²) in [7, 11) is 0. The van der Waals surface area contributed by atoms with Crippen molar-refractivity contribution in [3.63, 3.8) is 0 Å². The third-order valence-corrected chi connectivity index (χ3v) is 5.31. The van der Waals surface area contributed by atoms with E-state index in [0.29, 0.717) is 35.9 Å². The minimum Gasteiger partial charge on any atom is -0.461 e. The van der Waals surface area contributed by atoms with Crippen LogP contribution in [-0.2, 0) is 9.47 Å². The van der Waals surface area contributed by atoms with Crippen LogP contribution in [0.1, 0.15) is 29.9 Å². The van der Waals surface area contributed by atoms with Crippen LogP contribution >= 0.6 is 0 Å². The molecule has 1 saturated heterocycles. The van der Waals surface area contributed by atoms with Crippen LogP contribution in [0.2, 0.25) is 0 Å². The third-order valence-electron chi connectivity index (χ3n) is 5.31. The number of nitrogens with one attached hydrogen (secondary N) is 2. The molecule has 2 aromatic heterocycles. The number of hydrogen-bond acceptors (Lipinski definition) is 8. The Bertz CT molecular complexity index is 1130. The van der Waals surface area contributed by atoms with Gasteiger partial charge in [0.15, 0.2) is 5.69 Å². The first-order chi connectivity index (χ1) is 16.1. The fourth-order valence-corrected chi connectivity index (χ4v) is 3.74. The Morgan fingerprint density at radius 1 is 1.18 bits per heavy atom. The SMILES string of the molecule is CCOC(=O)c1cc(-c2ccc(N3CCOCC3)nc2)c(C(C)=N)c(Nc2ccccc2)n1. The Hall–Kier alpha value is -3.78. The summed E-state index contributed by atoms with van der Waals surface area (Å²) in [5, 5.41) is 11.7. The van der Waals surface area contributed by atoms with E-state index >= 15 is 0 Å². The van der Waals surface area contributed by atoms with Crippen molar-refractivity contribution in [1.82, 2.24) is 9.97 Å². The summed E-state index contributed by atoms with van der Waals surface area (Å²) >= 11 is 0. The number of ether oxygens (including phenoxy) is 2. The van der Waals surface area contributed by atoms with Crippen molar-refractivity contribution in [1.29, 1.82) is 5.41 Å². The predicted molar refractivity (Wildman–Crippen MR) is 129 cm³/mol. The lowest BCUT2D eigenvalue weighted by molar-refractivity contribution is 0.0519. The van der Waals surface area contributed by atoms with Crippen molar-refractivity contribution in [3.05, 3.63) is 66.0 Å². The molecule has 8 heteroatoms. The molecule has 4 rings (SSSR count). The zero-order valence-electron chi connectivity index (χ0n) is 18.8. The van der Waals surface area contributed by atoms with Crippen LogP contribution in [0.4, 0.5) is 17.3 Å². The van der Waals surface area contributed by atoms with E-state index in [0.717, 1.165) is 30.2 Å². The number of benzene rings is 1. The number of carbonyl (C=O) groups excluding carboxylic acids is 1. The summed E-state index contributed by atoms with van der Waals surface area (Å²) in [5.41, 5.74) is 3.39. The minimum atomic E-state index is -0.512. The second kappa shape index (κ2) is 10.2. The molecule has 1 aliphatic heterocycles. The van der Waals surface area contributed by atoms with Crippen molar-refractivity contribution >= 4 is 29.0 Å². The summed E-state index contributed by atoms with van der Waals surface area (Å²) in [6.45, 7) is 6.67. The maximum absolute atomic E-state index is 12.6. The minimum absolute atomic E-state index is 0.174. The first-order valence-electron chi connectivity index (χ1n) is 11.0. The summed E-state index contributed by atoms with van der Waals surface area (Å²) in [4.78, 5) is 23.9. The lowest BCUT2D eigenvalue weighted by Crippen LogP contribution is -2.36. The molecule has 0 atom stereocenters. The average Bonchev–Trinajstić information content (AvgIpc) is 2.85. The van der Waals surface area contributed by atoms with Gasteiger partial charge in [-0.1, -0.05) is 18.2 Å². The van der Waals surface area contributed by atoms with E-state index < -0.39 is 5.97 Å². The molecule has 0 aliphatic carbocycles. The van der Waals surface area contributed by atoms with E-state index in [1.165, 1.54) is 0 Å². The number of morpholine rings is 1. The molecule has 8 nitrogen and oxygen atoms in total. The van der Waals surface area contributed by atoms with Gasteiger partial charge in [0.25, 0.3) is 0 Å². The number of esters is 1. The number of para-hydroxylation sites is 1. The number of hydrogen-bond donors (Lipinski definition) is 2. The molecule has 0 radical (unpaired) electrons. The lowest BCUT2D eigenvalue weighted by atomic mass is 9.97. The Labute approximate surface area is 193 Å². The molecule has 3 aromatic rings. The topological polar surface area (TPSA) is 100 Å². The van der Waals surface area contributed by atoms with E-state index in [2.05, 4.69) is 20.2 Å². The zero-order chi connectivity index (χ0) is 23.2. The van der Waals surface area contributed by atoms with E-state index in [1.54, 1.807) is 26.1 Å². The predicted octanol–water partition coefficient (Wildman–Crippen LogP) is 4.29. The Balaban J connectivity index is 1.79. The molecule has 33 heavy (non-hydrogen) atoms. The van der Waals surface area contributed by atoms with Crippen LogP contribution in [0.5, 0.6) is 0 Å². The lowest BCUT2D eigenvalue weighted by Gasteiger charge is -2.27. The molecular weight excluding hydrogens is 418 g/mol. The van der Waals surface area contributed by atoms with Crippen molar-refractivity contribution in [2.75, 3.05) is 43.1 Å². The molecule has 2 N–H and O–H groups in total. The van der Waals surface area contributed by atoms with Crippen LogP contribution < -0.4 is 10.2 Å². The van der Waals surface area contributed by atoms with Gasteiger partial charge in [0.1, 0.15) is 11.6 Å².